The molecule has 0 radical (unpaired) electrons. The van der Waals surface area contributed by atoms with Crippen molar-refractivity contribution in [1.82, 2.24) is 10.9 Å². The Balaban J connectivity index is 1.35. The molecule has 0 aliphatic heterocycles. The first-order chi connectivity index (χ1) is 14.6. The summed E-state index contributed by atoms with van der Waals surface area (Å²) in [6.45, 7) is 1.49. The first-order valence-corrected chi connectivity index (χ1v) is 9.40. The van der Waals surface area contributed by atoms with E-state index in [2.05, 4.69) is 16.2 Å². The van der Waals surface area contributed by atoms with Gasteiger partial charge in [0, 0.05) is 11.4 Å². The highest BCUT2D eigenvalue weighted by molar-refractivity contribution is 5.83. The fraction of sp³-hybridized carbons (Fsp3) is 0.130. The molecule has 7 nitrogen and oxygen atoms in total. The highest BCUT2D eigenvalue weighted by Gasteiger charge is 2.07. The summed E-state index contributed by atoms with van der Waals surface area (Å²) in [5, 5.41) is 3.26. The lowest BCUT2D eigenvalue weighted by molar-refractivity contribution is -0.131. The minimum Gasteiger partial charge on any atom is -0.484 e. The number of amides is 2. The Hall–Kier alpha value is -4.00. The zero-order valence-electron chi connectivity index (χ0n) is 16.6. The summed E-state index contributed by atoms with van der Waals surface area (Å²) in [6.07, 6.45) is 0. The summed E-state index contributed by atoms with van der Waals surface area (Å²) < 4.78 is 10.8. The summed E-state index contributed by atoms with van der Waals surface area (Å²) in [4.78, 5) is 23.6. The topological polar surface area (TPSA) is 88.7 Å². The van der Waals surface area contributed by atoms with Gasteiger partial charge in [0.1, 0.15) is 11.5 Å². The quantitative estimate of drug-likeness (QED) is 0.500. The molecule has 3 aromatic carbocycles. The predicted molar refractivity (Wildman–Crippen MR) is 115 cm³/mol. The molecule has 0 fully saturated rings. The van der Waals surface area contributed by atoms with Crippen LogP contribution in [-0.2, 0) is 9.59 Å². The van der Waals surface area contributed by atoms with E-state index in [1.807, 2.05) is 67.6 Å². The predicted octanol–water partition coefficient (Wildman–Crippen LogP) is 3.34. The van der Waals surface area contributed by atoms with Crippen LogP contribution < -0.4 is 25.6 Å². The van der Waals surface area contributed by atoms with Crippen LogP contribution in [0.15, 0.2) is 78.9 Å². The van der Waals surface area contributed by atoms with E-state index in [9.17, 15) is 9.59 Å². The van der Waals surface area contributed by atoms with Crippen LogP contribution in [-0.4, -0.2) is 25.0 Å². The molecule has 0 heterocycles. The van der Waals surface area contributed by atoms with E-state index < -0.39 is 11.8 Å². The third-order valence-electron chi connectivity index (χ3n) is 3.99. The van der Waals surface area contributed by atoms with Crippen molar-refractivity contribution in [2.75, 3.05) is 18.5 Å². The molecule has 0 saturated carbocycles. The summed E-state index contributed by atoms with van der Waals surface area (Å²) in [6, 6.07) is 24.4. The number of hydrazine groups is 1. The largest absolute Gasteiger partial charge is 0.484 e. The van der Waals surface area contributed by atoms with Crippen molar-refractivity contribution in [2.45, 2.75) is 6.92 Å². The van der Waals surface area contributed by atoms with Crippen LogP contribution >= 0.6 is 0 Å². The van der Waals surface area contributed by atoms with Crippen LogP contribution in [0.2, 0.25) is 0 Å². The van der Waals surface area contributed by atoms with E-state index in [0.717, 1.165) is 16.9 Å². The van der Waals surface area contributed by atoms with Gasteiger partial charge >= 0.3 is 0 Å². The summed E-state index contributed by atoms with van der Waals surface area (Å²) in [5.41, 5.74) is 7.49. The van der Waals surface area contributed by atoms with Crippen LogP contribution in [0.25, 0.3) is 0 Å². The van der Waals surface area contributed by atoms with E-state index in [1.165, 1.54) is 0 Å². The monoisotopic (exact) mass is 405 g/mol. The Labute approximate surface area is 175 Å². The third-order valence-corrected chi connectivity index (χ3v) is 3.99. The second-order valence-electron chi connectivity index (χ2n) is 6.51. The molecule has 0 atom stereocenters. The number of rotatable bonds is 8. The Bertz CT molecular complexity index is 975. The number of hydrogen-bond donors (Lipinski definition) is 3. The van der Waals surface area contributed by atoms with Gasteiger partial charge in [-0.25, -0.2) is 0 Å². The lowest BCUT2D eigenvalue weighted by Gasteiger charge is -2.11. The minimum absolute atomic E-state index is 0.208. The van der Waals surface area contributed by atoms with E-state index in [1.54, 1.807) is 18.2 Å². The van der Waals surface area contributed by atoms with Gasteiger partial charge in [-0.1, -0.05) is 30.3 Å². The van der Waals surface area contributed by atoms with Crippen molar-refractivity contribution in [3.63, 3.8) is 0 Å². The second-order valence-corrected chi connectivity index (χ2v) is 6.51. The van der Waals surface area contributed by atoms with Gasteiger partial charge in [0.05, 0.1) is 0 Å². The molecule has 3 rings (SSSR count). The van der Waals surface area contributed by atoms with Crippen LogP contribution in [0, 0.1) is 6.92 Å². The molecule has 0 spiro atoms. The third kappa shape index (κ3) is 6.87. The fourth-order valence-corrected chi connectivity index (χ4v) is 2.54. The average molecular weight is 405 g/mol. The van der Waals surface area contributed by atoms with E-state index in [-0.39, 0.29) is 13.2 Å². The lowest BCUT2D eigenvalue weighted by atomic mass is 10.2. The standard InChI is InChI=1S/C23H23N3O4/c1-17-6-5-9-21(14-17)30-16-23(28)26-25-22(27)15-29-20-12-10-19(11-13-20)24-18-7-3-2-4-8-18/h2-14,24H,15-16H2,1H3,(H,25,27)(H,26,28). The molecular formula is C23H23N3O4. The molecule has 0 aliphatic rings. The fourth-order valence-electron chi connectivity index (χ4n) is 2.54. The van der Waals surface area contributed by atoms with Gasteiger partial charge < -0.3 is 14.8 Å². The number of benzene rings is 3. The maximum absolute atomic E-state index is 11.8. The molecule has 2 amide bonds. The number of carbonyl (C=O) groups is 2. The molecule has 3 aromatic rings. The normalized spacial score (nSPS) is 10.0. The molecule has 30 heavy (non-hydrogen) atoms. The van der Waals surface area contributed by atoms with Crippen molar-refractivity contribution in [3.05, 3.63) is 84.4 Å². The zero-order valence-corrected chi connectivity index (χ0v) is 16.6. The van der Waals surface area contributed by atoms with Crippen LogP contribution in [0.5, 0.6) is 11.5 Å². The zero-order chi connectivity index (χ0) is 21.2. The van der Waals surface area contributed by atoms with E-state index in [4.69, 9.17) is 9.47 Å². The van der Waals surface area contributed by atoms with E-state index in [0.29, 0.717) is 11.5 Å². The highest BCUT2D eigenvalue weighted by Crippen LogP contribution is 2.19. The second kappa shape index (κ2) is 10.5. The molecule has 7 heteroatoms. The molecule has 3 N–H and O–H groups in total. The SMILES string of the molecule is Cc1cccc(OCC(=O)NNC(=O)COc2ccc(Nc3ccccc3)cc2)c1. The van der Waals surface area contributed by atoms with Crippen molar-refractivity contribution >= 4 is 23.2 Å². The summed E-state index contributed by atoms with van der Waals surface area (Å²) in [5.74, 6) is 0.175. The van der Waals surface area contributed by atoms with Gasteiger partial charge in [-0.05, 0) is 61.0 Å². The first kappa shape index (κ1) is 20.7. The van der Waals surface area contributed by atoms with Crippen molar-refractivity contribution in [3.8, 4) is 11.5 Å². The molecular weight excluding hydrogens is 382 g/mol. The van der Waals surface area contributed by atoms with Gasteiger partial charge in [-0.2, -0.15) is 0 Å². The number of aryl methyl sites for hydroxylation is 1. The van der Waals surface area contributed by atoms with Gasteiger partial charge in [-0.15, -0.1) is 0 Å². The maximum atomic E-state index is 11.8. The van der Waals surface area contributed by atoms with Crippen molar-refractivity contribution < 1.29 is 19.1 Å². The van der Waals surface area contributed by atoms with Crippen molar-refractivity contribution in [1.29, 1.82) is 0 Å². The summed E-state index contributed by atoms with van der Waals surface area (Å²) >= 11 is 0. The van der Waals surface area contributed by atoms with Gasteiger partial charge in [0.15, 0.2) is 13.2 Å². The smallest absolute Gasteiger partial charge is 0.276 e. The molecule has 0 unspecified atom stereocenters. The number of hydrogen-bond acceptors (Lipinski definition) is 5. The number of anilines is 2. The number of ether oxygens (including phenoxy) is 2. The van der Waals surface area contributed by atoms with Crippen LogP contribution in [0.4, 0.5) is 11.4 Å². The number of para-hydroxylation sites is 1. The highest BCUT2D eigenvalue weighted by atomic mass is 16.5. The number of nitrogens with one attached hydrogen (secondary N) is 3. The van der Waals surface area contributed by atoms with Gasteiger partial charge in [-0.3, -0.25) is 20.4 Å². The van der Waals surface area contributed by atoms with Crippen LogP contribution in [0.3, 0.4) is 0 Å². The maximum Gasteiger partial charge on any atom is 0.276 e. The average Bonchev–Trinajstić information content (AvgIpc) is 2.76. The lowest BCUT2D eigenvalue weighted by Crippen LogP contribution is -2.45. The summed E-state index contributed by atoms with van der Waals surface area (Å²) in [7, 11) is 0. The van der Waals surface area contributed by atoms with Gasteiger partial charge in [0.25, 0.3) is 11.8 Å². The molecule has 0 aliphatic carbocycles. The number of carbonyl (C=O) groups excluding carboxylic acids is 2. The van der Waals surface area contributed by atoms with Crippen molar-refractivity contribution in [2.24, 2.45) is 0 Å². The Kier molecular flexibility index (Phi) is 7.27. The Morgan fingerprint density at radius 3 is 1.93 bits per heavy atom. The van der Waals surface area contributed by atoms with Crippen LogP contribution in [0.1, 0.15) is 5.56 Å². The molecule has 0 saturated heterocycles. The molecule has 154 valence electrons. The van der Waals surface area contributed by atoms with E-state index >= 15 is 0 Å². The van der Waals surface area contributed by atoms with Gasteiger partial charge in [0.2, 0.25) is 0 Å². The Morgan fingerprint density at radius 2 is 1.30 bits per heavy atom. The first-order valence-electron chi connectivity index (χ1n) is 9.40. The minimum atomic E-state index is -0.481. The Morgan fingerprint density at radius 1 is 0.700 bits per heavy atom. The molecule has 0 bridgehead atoms. The molecule has 0 aromatic heterocycles.